The Balaban J connectivity index is 2.55. The summed E-state index contributed by atoms with van der Waals surface area (Å²) in [4.78, 5) is 26.6. The first-order valence-corrected chi connectivity index (χ1v) is 5.89. The van der Waals surface area contributed by atoms with E-state index in [1.54, 1.807) is 11.6 Å². The van der Waals surface area contributed by atoms with Gasteiger partial charge < -0.3 is 15.0 Å². The lowest BCUT2D eigenvalue weighted by Gasteiger charge is -2.15. The van der Waals surface area contributed by atoms with Crippen LogP contribution in [-0.4, -0.2) is 33.1 Å². The zero-order valence-corrected chi connectivity index (χ0v) is 10.9. The van der Waals surface area contributed by atoms with Gasteiger partial charge in [0.05, 0.1) is 18.4 Å². The number of nitrogens with one attached hydrogen (secondary N) is 1. The maximum Gasteiger partial charge on any atom is 0.308 e. The van der Waals surface area contributed by atoms with E-state index in [0.29, 0.717) is 12.1 Å². The lowest BCUT2D eigenvalue weighted by molar-refractivity contribution is -0.142. The van der Waals surface area contributed by atoms with Crippen LogP contribution in [0.4, 0.5) is 0 Å². The predicted octanol–water partition coefficient (Wildman–Crippen LogP) is 0.897. The number of hydrogen-bond donors (Lipinski definition) is 2. The van der Waals surface area contributed by atoms with Crippen LogP contribution in [0, 0.1) is 11.8 Å². The van der Waals surface area contributed by atoms with Crippen molar-refractivity contribution in [2.24, 2.45) is 18.9 Å². The minimum absolute atomic E-state index is 0.136. The summed E-state index contributed by atoms with van der Waals surface area (Å²) in [7, 11) is 1.71. The third-order valence-corrected chi connectivity index (χ3v) is 2.66. The Morgan fingerprint density at radius 3 is 2.61 bits per heavy atom. The van der Waals surface area contributed by atoms with Gasteiger partial charge in [-0.1, -0.05) is 13.8 Å². The number of nitrogens with zero attached hydrogens (tertiary/aromatic N) is 2. The average molecular weight is 253 g/mol. The minimum Gasteiger partial charge on any atom is -0.481 e. The number of aliphatic carboxylic acids is 1. The van der Waals surface area contributed by atoms with Crippen molar-refractivity contribution in [3.05, 3.63) is 18.2 Å². The van der Waals surface area contributed by atoms with Crippen molar-refractivity contribution in [3.8, 4) is 0 Å². The summed E-state index contributed by atoms with van der Waals surface area (Å²) in [5.74, 6) is -1.46. The van der Waals surface area contributed by atoms with E-state index in [9.17, 15) is 9.59 Å². The highest BCUT2D eigenvalue weighted by Gasteiger charge is 2.20. The second kappa shape index (κ2) is 6.18. The topological polar surface area (TPSA) is 84.2 Å². The highest BCUT2D eigenvalue weighted by Crippen LogP contribution is 2.11. The summed E-state index contributed by atoms with van der Waals surface area (Å²) in [6.45, 7) is 4.05. The molecule has 0 saturated heterocycles. The number of rotatable bonds is 6. The molecule has 0 radical (unpaired) electrons. The first-order chi connectivity index (χ1) is 8.41. The van der Waals surface area contributed by atoms with Crippen molar-refractivity contribution < 1.29 is 14.7 Å². The van der Waals surface area contributed by atoms with Crippen LogP contribution >= 0.6 is 0 Å². The standard InChI is InChI=1S/C12H19N3O3/c1-8(2)4-9(12(17)18)5-14-11(16)10-6-13-7-15(10)3/h6-9H,4-5H2,1-3H3,(H,14,16)(H,17,18). The summed E-state index contributed by atoms with van der Waals surface area (Å²) < 4.78 is 1.59. The Labute approximate surface area is 106 Å². The number of imidazole rings is 1. The second-order valence-corrected chi connectivity index (χ2v) is 4.76. The van der Waals surface area contributed by atoms with E-state index in [4.69, 9.17) is 5.11 Å². The number of amides is 1. The first-order valence-electron chi connectivity index (χ1n) is 5.89. The Morgan fingerprint density at radius 2 is 2.17 bits per heavy atom. The molecule has 1 aromatic heterocycles. The highest BCUT2D eigenvalue weighted by molar-refractivity contribution is 5.92. The van der Waals surface area contributed by atoms with E-state index in [-0.39, 0.29) is 18.4 Å². The van der Waals surface area contributed by atoms with Gasteiger partial charge in [-0.15, -0.1) is 0 Å². The monoisotopic (exact) mass is 253 g/mol. The fraction of sp³-hybridized carbons (Fsp3) is 0.583. The molecule has 0 fully saturated rings. The number of hydrogen-bond acceptors (Lipinski definition) is 3. The fourth-order valence-electron chi connectivity index (χ4n) is 1.72. The summed E-state index contributed by atoms with van der Waals surface area (Å²) in [5.41, 5.74) is 0.420. The number of carbonyl (C=O) groups excluding carboxylic acids is 1. The molecule has 0 spiro atoms. The molecule has 6 heteroatoms. The van der Waals surface area contributed by atoms with Gasteiger partial charge in [0.25, 0.3) is 5.91 Å². The lowest BCUT2D eigenvalue weighted by Crippen LogP contribution is -2.34. The summed E-state index contributed by atoms with van der Waals surface area (Å²) in [5, 5.41) is 11.7. The van der Waals surface area contributed by atoms with Crippen LogP contribution in [0.1, 0.15) is 30.8 Å². The number of carbonyl (C=O) groups is 2. The number of carboxylic acids is 1. The number of aromatic nitrogens is 2. The van der Waals surface area contributed by atoms with Crippen molar-refractivity contribution >= 4 is 11.9 Å². The minimum atomic E-state index is -0.881. The molecule has 1 aromatic rings. The van der Waals surface area contributed by atoms with Gasteiger partial charge in [0.1, 0.15) is 5.69 Å². The van der Waals surface area contributed by atoms with Crippen molar-refractivity contribution in [1.29, 1.82) is 0 Å². The molecule has 0 aromatic carbocycles. The quantitative estimate of drug-likeness (QED) is 0.788. The smallest absolute Gasteiger partial charge is 0.308 e. The van der Waals surface area contributed by atoms with E-state index < -0.39 is 11.9 Å². The molecule has 0 saturated carbocycles. The molecule has 18 heavy (non-hydrogen) atoms. The lowest BCUT2D eigenvalue weighted by atomic mass is 9.97. The fourth-order valence-corrected chi connectivity index (χ4v) is 1.72. The van der Waals surface area contributed by atoms with Gasteiger partial charge in [-0.3, -0.25) is 9.59 Å². The molecule has 0 aliphatic rings. The molecule has 1 heterocycles. The van der Waals surface area contributed by atoms with E-state index in [1.807, 2.05) is 13.8 Å². The first kappa shape index (κ1) is 14.2. The van der Waals surface area contributed by atoms with E-state index in [0.717, 1.165) is 0 Å². The summed E-state index contributed by atoms with van der Waals surface area (Å²) in [6, 6.07) is 0. The summed E-state index contributed by atoms with van der Waals surface area (Å²) >= 11 is 0. The van der Waals surface area contributed by atoms with E-state index in [2.05, 4.69) is 10.3 Å². The third-order valence-electron chi connectivity index (χ3n) is 2.66. The van der Waals surface area contributed by atoms with E-state index >= 15 is 0 Å². The Hall–Kier alpha value is -1.85. The number of carboxylic acid groups (broad SMARTS) is 1. The van der Waals surface area contributed by atoms with E-state index in [1.165, 1.54) is 12.5 Å². The molecule has 1 amide bonds. The molecule has 1 atom stereocenters. The summed E-state index contributed by atoms with van der Waals surface area (Å²) in [6.07, 6.45) is 3.52. The van der Waals surface area contributed by atoms with Crippen LogP contribution in [-0.2, 0) is 11.8 Å². The Bertz CT molecular complexity index is 426. The zero-order chi connectivity index (χ0) is 13.7. The van der Waals surface area contributed by atoms with Crippen molar-refractivity contribution in [3.63, 3.8) is 0 Å². The maximum absolute atomic E-state index is 11.8. The van der Waals surface area contributed by atoms with Crippen LogP contribution in [0.25, 0.3) is 0 Å². The van der Waals surface area contributed by atoms with Crippen molar-refractivity contribution in [2.75, 3.05) is 6.54 Å². The molecule has 0 aliphatic carbocycles. The molecule has 2 N–H and O–H groups in total. The highest BCUT2D eigenvalue weighted by atomic mass is 16.4. The van der Waals surface area contributed by atoms with Gasteiger partial charge >= 0.3 is 5.97 Å². The van der Waals surface area contributed by atoms with Gasteiger partial charge in [0, 0.05) is 13.6 Å². The van der Waals surface area contributed by atoms with Crippen molar-refractivity contribution in [2.45, 2.75) is 20.3 Å². The van der Waals surface area contributed by atoms with Crippen molar-refractivity contribution in [1.82, 2.24) is 14.9 Å². The van der Waals surface area contributed by atoms with Gasteiger partial charge in [-0.05, 0) is 12.3 Å². The van der Waals surface area contributed by atoms with Crippen LogP contribution in [0.5, 0.6) is 0 Å². The van der Waals surface area contributed by atoms with Gasteiger partial charge in [0.2, 0.25) is 0 Å². The molecular weight excluding hydrogens is 234 g/mol. The largest absolute Gasteiger partial charge is 0.481 e. The molecule has 0 bridgehead atoms. The molecule has 100 valence electrons. The van der Waals surface area contributed by atoms with Crippen LogP contribution < -0.4 is 5.32 Å². The number of aryl methyl sites for hydroxylation is 1. The normalized spacial score (nSPS) is 12.4. The Morgan fingerprint density at radius 1 is 1.50 bits per heavy atom. The predicted molar refractivity (Wildman–Crippen MR) is 66.1 cm³/mol. The average Bonchev–Trinajstić information content (AvgIpc) is 2.69. The molecule has 1 rings (SSSR count). The maximum atomic E-state index is 11.8. The SMILES string of the molecule is CC(C)CC(CNC(=O)c1cncn1C)C(=O)O. The molecule has 0 aliphatic heterocycles. The zero-order valence-electron chi connectivity index (χ0n) is 10.9. The van der Waals surface area contributed by atoms with Gasteiger partial charge in [-0.25, -0.2) is 4.98 Å². The molecule has 1 unspecified atom stereocenters. The molecular formula is C12H19N3O3. The van der Waals surface area contributed by atoms with Gasteiger partial charge in [0.15, 0.2) is 0 Å². The van der Waals surface area contributed by atoms with Gasteiger partial charge in [-0.2, -0.15) is 0 Å². The second-order valence-electron chi connectivity index (χ2n) is 4.76. The van der Waals surface area contributed by atoms with Crippen LogP contribution in [0.3, 0.4) is 0 Å². The van der Waals surface area contributed by atoms with Crippen LogP contribution in [0.2, 0.25) is 0 Å². The molecule has 6 nitrogen and oxygen atoms in total. The third kappa shape index (κ3) is 3.87. The van der Waals surface area contributed by atoms with Crippen LogP contribution in [0.15, 0.2) is 12.5 Å². The Kier molecular flexibility index (Phi) is 4.88.